The van der Waals surface area contributed by atoms with Gasteiger partial charge in [-0.25, -0.2) is 0 Å². The van der Waals surface area contributed by atoms with Gasteiger partial charge in [-0.3, -0.25) is 24.5 Å². The molecule has 2 unspecified atom stereocenters. The number of halogens is 1. The van der Waals surface area contributed by atoms with Gasteiger partial charge in [0.2, 0.25) is 0 Å². The first-order valence-corrected chi connectivity index (χ1v) is 10.1. The summed E-state index contributed by atoms with van der Waals surface area (Å²) in [6, 6.07) is 8.32. The molecule has 0 spiro atoms. The summed E-state index contributed by atoms with van der Waals surface area (Å²) in [5.41, 5.74) is 2.79. The lowest BCUT2D eigenvalue weighted by Gasteiger charge is -2.26. The highest BCUT2D eigenvalue weighted by molar-refractivity contribution is 6.32. The zero-order valence-electron chi connectivity index (χ0n) is 16.8. The molecule has 2 heterocycles. The average Bonchev–Trinajstić information content (AvgIpc) is 2.83. The van der Waals surface area contributed by atoms with Gasteiger partial charge in [0.25, 0.3) is 5.91 Å². The maximum Gasteiger partial charge on any atom is 0.326 e. The van der Waals surface area contributed by atoms with Crippen molar-refractivity contribution in [1.82, 2.24) is 4.98 Å². The van der Waals surface area contributed by atoms with Crippen LogP contribution in [0.15, 0.2) is 47.7 Å². The van der Waals surface area contributed by atoms with Crippen LogP contribution in [0.5, 0.6) is 0 Å². The van der Waals surface area contributed by atoms with Crippen molar-refractivity contribution in [2.24, 2.45) is 10.9 Å². The summed E-state index contributed by atoms with van der Waals surface area (Å²) in [4.78, 5) is 36.1. The summed E-state index contributed by atoms with van der Waals surface area (Å²) in [6.45, 7) is 5.82. The number of anilines is 1. The predicted molar refractivity (Wildman–Crippen MR) is 114 cm³/mol. The largest absolute Gasteiger partial charge is 0.465 e. The highest BCUT2D eigenvalue weighted by Crippen LogP contribution is 2.32. The second-order valence-corrected chi connectivity index (χ2v) is 7.37. The summed E-state index contributed by atoms with van der Waals surface area (Å²) < 4.78 is 5.10. The molecule has 0 N–H and O–H groups in total. The van der Waals surface area contributed by atoms with E-state index in [1.54, 1.807) is 37.5 Å². The van der Waals surface area contributed by atoms with Crippen molar-refractivity contribution in [3.05, 3.63) is 58.9 Å². The summed E-state index contributed by atoms with van der Waals surface area (Å²) in [5, 5.41) is 0.524. The number of benzene rings is 1. The van der Waals surface area contributed by atoms with Crippen molar-refractivity contribution in [3.8, 4) is 0 Å². The van der Waals surface area contributed by atoms with Crippen molar-refractivity contribution in [1.29, 1.82) is 0 Å². The van der Waals surface area contributed by atoms with Crippen molar-refractivity contribution >= 4 is 34.9 Å². The Balaban J connectivity index is 2.21. The van der Waals surface area contributed by atoms with Crippen LogP contribution in [0.4, 0.5) is 5.69 Å². The lowest BCUT2D eigenvalue weighted by Crippen LogP contribution is -2.43. The molecule has 2 atom stereocenters. The van der Waals surface area contributed by atoms with Gasteiger partial charge in [0.1, 0.15) is 12.6 Å². The number of carbonyl (C=O) groups is 2. The summed E-state index contributed by atoms with van der Waals surface area (Å²) in [7, 11) is 0. The molecule has 3 rings (SSSR count). The first kappa shape index (κ1) is 21.0. The lowest BCUT2D eigenvalue weighted by molar-refractivity contribution is -0.142. The number of hydrogen-bond donors (Lipinski definition) is 0. The van der Waals surface area contributed by atoms with Gasteiger partial charge in [0.15, 0.2) is 0 Å². The van der Waals surface area contributed by atoms with E-state index in [0.29, 0.717) is 22.0 Å². The molecule has 0 bridgehead atoms. The highest BCUT2D eigenvalue weighted by atomic mass is 35.5. The van der Waals surface area contributed by atoms with Gasteiger partial charge in [-0.1, -0.05) is 31.9 Å². The third-order valence-electron chi connectivity index (χ3n) is 5.02. The van der Waals surface area contributed by atoms with Crippen LogP contribution in [0.2, 0.25) is 5.02 Å². The molecule has 152 valence electrons. The first-order chi connectivity index (χ1) is 14.0. The number of nitrogens with zero attached hydrogens (tertiary/aromatic N) is 3. The molecular formula is C22H24ClN3O3. The minimum atomic E-state index is -0.622. The smallest absolute Gasteiger partial charge is 0.326 e. The number of fused-ring (bicyclic) bond motifs is 1. The van der Waals surface area contributed by atoms with E-state index in [1.807, 2.05) is 26.0 Å². The van der Waals surface area contributed by atoms with Gasteiger partial charge in [0.05, 0.1) is 18.0 Å². The Bertz CT molecular complexity index is 930. The molecule has 1 aromatic carbocycles. The number of aromatic nitrogens is 1. The quantitative estimate of drug-likeness (QED) is 0.673. The second-order valence-electron chi connectivity index (χ2n) is 6.93. The number of pyridine rings is 1. The molecule has 1 aliphatic heterocycles. The Hall–Kier alpha value is -2.73. The molecule has 1 aliphatic rings. The number of benzodiazepines with no additional fused rings is 1. The third kappa shape index (κ3) is 4.48. The zero-order chi connectivity index (χ0) is 21.0. The van der Waals surface area contributed by atoms with Crippen molar-refractivity contribution in [2.45, 2.75) is 33.2 Å². The molecule has 0 aliphatic carbocycles. The molecule has 1 amide bonds. The van der Waals surface area contributed by atoms with Crippen LogP contribution in [0.1, 0.15) is 38.3 Å². The molecule has 2 aromatic rings. The number of hydrogen-bond acceptors (Lipinski definition) is 5. The molecule has 0 saturated heterocycles. The van der Waals surface area contributed by atoms with Crippen molar-refractivity contribution in [3.63, 3.8) is 0 Å². The first-order valence-electron chi connectivity index (χ1n) is 9.71. The summed E-state index contributed by atoms with van der Waals surface area (Å²) in [6.07, 6.45) is 4.14. The minimum absolute atomic E-state index is 0.00573. The number of aliphatic imine (C=N–C) groups is 1. The molecule has 0 radical (unpaired) electrons. The fourth-order valence-corrected chi connectivity index (χ4v) is 3.48. The van der Waals surface area contributed by atoms with Gasteiger partial charge in [-0.05, 0) is 43.2 Å². The van der Waals surface area contributed by atoms with E-state index in [4.69, 9.17) is 21.3 Å². The third-order valence-corrected chi connectivity index (χ3v) is 5.26. The fraction of sp³-hybridized carbons (Fsp3) is 0.364. The Kier molecular flexibility index (Phi) is 6.64. The number of esters is 1. The Morgan fingerprint density at radius 3 is 2.62 bits per heavy atom. The summed E-state index contributed by atoms with van der Waals surface area (Å²) >= 11 is 6.29. The van der Waals surface area contributed by atoms with Crippen LogP contribution in [-0.4, -0.2) is 41.8 Å². The monoisotopic (exact) mass is 413 g/mol. The fourth-order valence-electron chi connectivity index (χ4n) is 3.31. The standard InChI is InChI=1S/C22H24ClN3O3/c1-4-14(3)20-22(28)26(13-19(27)29-5-2)18-7-6-16(23)12-17(18)21(25-20)15-8-10-24-11-9-15/h6-12,14,20H,4-5,13H2,1-3H3. The van der Waals surface area contributed by atoms with Gasteiger partial charge in [-0.2, -0.15) is 0 Å². The number of carbonyl (C=O) groups excluding carboxylic acids is 2. The molecular weight excluding hydrogens is 390 g/mol. The van der Waals surface area contributed by atoms with Crippen LogP contribution in [0, 0.1) is 5.92 Å². The minimum Gasteiger partial charge on any atom is -0.465 e. The van der Waals surface area contributed by atoms with Gasteiger partial charge < -0.3 is 4.74 Å². The zero-order valence-corrected chi connectivity index (χ0v) is 17.5. The van der Waals surface area contributed by atoms with E-state index < -0.39 is 12.0 Å². The Morgan fingerprint density at radius 1 is 1.24 bits per heavy atom. The lowest BCUT2D eigenvalue weighted by atomic mass is 9.98. The van der Waals surface area contributed by atoms with Crippen LogP contribution in [-0.2, 0) is 14.3 Å². The van der Waals surface area contributed by atoms with Crippen LogP contribution < -0.4 is 4.90 Å². The van der Waals surface area contributed by atoms with Gasteiger partial charge in [-0.15, -0.1) is 0 Å². The highest BCUT2D eigenvalue weighted by Gasteiger charge is 2.35. The van der Waals surface area contributed by atoms with Crippen LogP contribution in [0.3, 0.4) is 0 Å². The maximum absolute atomic E-state index is 13.5. The molecule has 6 nitrogen and oxygen atoms in total. The van der Waals surface area contributed by atoms with E-state index in [9.17, 15) is 9.59 Å². The molecule has 29 heavy (non-hydrogen) atoms. The normalized spacial score (nSPS) is 17.2. The van der Waals surface area contributed by atoms with Gasteiger partial charge in [0, 0.05) is 28.5 Å². The maximum atomic E-state index is 13.5. The molecule has 0 fully saturated rings. The molecule has 7 heteroatoms. The number of rotatable bonds is 6. The second kappa shape index (κ2) is 9.18. The van der Waals surface area contributed by atoms with E-state index in [2.05, 4.69) is 4.98 Å². The van der Waals surface area contributed by atoms with Gasteiger partial charge >= 0.3 is 5.97 Å². The summed E-state index contributed by atoms with van der Waals surface area (Å²) in [5.74, 6) is -0.689. The molecule has 0 saturated carbocycles. The van der Waals surface area contributed by atoms with E-state index in [-0.39, 0.29) is 25.0 Å². The van der Waals surface area contributed by atoms with E-state index >= 15 is 0 Å². The van der Waals surface area contributed by atoms with Crippen LogP contribution >= 0.6 is 11.6 Å². The SMILES string of the molecule is CCOC(=O)CN1C(=O)C(C(C)CC)N=C(c2ccncc2)c2cc(Cl)ccc21. The molecule has 1 aromatic heterocycles. The van der Waals surface area contributed by atoms with Crippen molar-refractivity contribution < 1.29 is 14.3 Å². The Labute approximate surface area is 175 Å². The number of ether oxygens (including phenoxy) is 1. The average molecular weight is 414 g/mol. The van der Waals surface area contributed by atoms with Crippen molar-refractivity contribution in [2.75, 3.05) is 18.1 Å². The topological polar surface area (TPSA) is 71.9 Å². The predicted octanol–water partition coefficient (Wildman–Crippen LogP) is 3.90. The Morgan fingerprint density at radius 2 is 1.97 bits per heavy atom. The van der Waals surface area contributed by atoms with Crippen LogP contribution in [0.25, 0.3) is 0 Å². The van der Waals surface area contributed by atoms with E-state index in [0.717, 1.165) is 12.0 Å². The van der Waals surface area contributed by atoms with E-state index in [1.165, 1.54) is 4.90 Å². The number of amides is 1.